The van der Waals surface area contributed by atoms with E-state index in [0.717, 1.165) is 22.5 Å². The molecule has 3 aromatic rings. The molecule has 170 valence electrons. The van der Waals surface area contributed by atoms with Crippen LogP contribution in [-0.4, -0.2) is 52.4 Å². The summed E-state index contributed by atoms with van der Waals surface area (Å²) in [6.45, 7) is 0. The van der Waals surface area contributed by atoms with E-state index in [0.29, 0.717) is 0 Å². The second kappa shape index (κ2) is 10.8. The van der Waals surface area contributed by atoms with Gasteiger partial charge in [-0.3, -0.25) is 9.59 Å². The maximum atomic E-state index is 12.2. The monoisotopic (exact) mass is 446 g/mol. The van der Waals surface area contributed by atoms with Crippen molar-refractivity contribution in [1.29, 1.82) is 0 Å². The highest BCUT2D eigenvalue weighted by molar-refractivity contribution is 5.96. The summed E-state index contributed by atoms with van der Waals surface area (Å²) in [5, 5.41) is 7.84. The second-order valence-corrected chi connectivity index (χ2v) is 7.53. The van der Waals surface area contributed by atoms with Crippen LogP contribution in [0, 0.1) is 0 Å². The molecule has 0 saturated carbocycles. The Labute approximate surface area is 192 Å². The Hall–Kier alpha value is -4.40. The number of furan rings is 1. The molecule has 2 N–H and O–H groups in total. The van der Waals surface area contributed by atoms with E-state index in [-0.39, 0.29) is 11.5 Å². The van der Waals surface area contributed by atoms with E-state index in [2.05, 4.69) is 21.1 Å². The van der Waals surface area contributed by atoms with E-state index in [1.165, 1.54) is 24.6 Å². The van der Waals surface area contributed by atoms with Crippen LogP contribution in [-0.2, 0) is 0 Å². The molecule has 0 spiro atoms. The number of anilines is 2. The molecule has 0 radical (unpaired) electrons. The minimum atomic E-state index is -0.570. The van der Waals surface area contributed by atoms with Crippen molar-refractivity contribution in [2.24, 2.45) is 10.2 Å². The number of rotatable bonds is 8. The maximum absolute atomic E-state index is 12.2. The van der Waals surface area contributed by atoms with Gasteiger partial charge in [0.1, 0.15) is 0 Å². The fourth-order valence-corrected chi connectivity index (χ4v) is 2.74. The van der Waals surface area contributed by atoms with Crippen molar-refractivity contribution in [3.63, 3.8) is 0 Å². The molecule has 33 heavy (non-hydrogen) atoms. The van der Waals surface area contributed by atoms with Gasteiger partial charge in [0, 0.05) is 39.6 Å². The quantitative estimate of drug-likeness (QED) is 0.409. The summed E-state index contributed by atoms with van der Waals surface area (Å²) in [6, 6.07) is 18.1. The Morgan fingerprint density at radius 2 is 1.03 bits per heavy atom. The molecule has 1 aromatic heterocycles. The lowest BCUT2D eigenvalue weighted by Gasteiger charge is -2.11. The Morgan fingerprint density at radius 1 is 0.667 bits per heavy atom. The van der Waals surface area contributed by atoms with Crippen molar-refractivity contribution in [2.75, 3.05) is 38.0 Å². The molecule has 0 aliphatic heterocycles. The third-order valence-electron chi connectivity index (χ3n) is 4.63. The Bertz CT molecular complexity index is 1060. The lowest BCUT2D eigenvalue weighted by molar-refractivity contribution is 0.0902. The number of hydrogen-bond acceptors (Lipinski definition) is 7. The van der Waals surface area contributed by atoms with E-state index in [4.69, 9.17) is 4.42 Å². The lowest BCUT2D eigenvalue weighted by Crippen LogP contribution is -2.18. The number of hydrazone groups is 2. The van der Waals surface area contributed by atoms with Crippen molar-refractivity contribution >= 4 is 35.6 Å². The molecule has 2 aromatic carbocycles. The normalized spacial score (nSPS) is 11.0. The van der Waals surface area contributed by atoms with Crippen molar-refractivity contribution in [1.82, 2.24) is 10.9 Å². The topological polar surface area (TPSA) is 103 Å². The van der Waals surface area contributed by atoms with E-state index in [1.54, 1.807) is 0 Å². The van der Waals surface area contributed by atoms with E-state index < -0.39 is 11.8 Å². The molecule has 9 heteroatoms. The number of amides is 2. The van der Waals surface area contributed by atoms with Crippen molar-refractivity contribution in [2.45, 2.75) is 0 Å². The number of nitrogens with one attached hydrogen (secondary N) is 2. The van der Waals surface area contributed by atoms with Crippen LogP contribution < -0.4 is 20.7 Å². The summed E-state index contributed by atoms with van der Waals surface area (Å²) >= 11 is 0. The summed E-state index contributed by atoms with van der Waals surface area (Å²) in [4.78, 5) is 28.4. The molecule has 0 aliphatic rings. The smallest absolute Gasteiger partial charge is 0.307 e. The van der Waals surface area contributed by atoms with Crippen LogP contribution in [0.15, 0.2) is 75.3 Å². The maximum Gasteiger partial charge on any atom is 0.307 e. The van der Waals surface area contributed by atoms with Crippen molar-refractivity contribution in [3.05, 3.63) is 83.3 Å². The Balaban J connectivity index is 1.51. The number of benzene rings is 2. The molecule has 0 unspecified atom stereocenters. The molecule has 2 amide bonds. The average Bonchev–Trinajstić information content (AvgIpc) is 3.30. The van der Waals surface area contributed by atoms with E-state index >= 15 is 0 Å². The number of hydrogen-bond donors (Lipinski definition) is 2. The van der Waals surface area contributed by atoms with Crippen LogP contribution in [0.25, 0.3) is 0 Å². The molecule has 9 nitrogen and oxygen atoms in total. The summed E-state index contributed by atoms with van der Waals surface area (Å²) in [7, 11) is 7.82. The number of carbonyl (C=O) groups excluding carboxylic acids is 2. The molecule has 0 saturated heterocycles. The first-order valence-electron chi connectivity index (χ1n) is 10.1. The van der Waals surface area contributed by atoms with Gasteiger partial charge >= 0.3 is 11.8 Å². The fourth-order valence-electron chi connectivity index (χ4n) is 2.74. The number of carbonyl (C=O) groups is 2. The van der Waals surface area contributed by atoms with E-state index in [1.807, 2.05) is 86.5 Å². The van der Waals surface area contributed by atoms with Gasteiger partial charge in [-0.25, -0.2) is 10.9 Å². The molecule has 0 aliphatic carbocycles. The van der Waals surface area contributed by atoms with Gasteiger partial charge in [-0.1, -0.05) is 24.3 Å². The highest BCUT2D eigenvalue weighted by Crippen LogP contribution is 2.12. The summed E-state index contributed by atoms with van der Waals surface area (Å²) in [5.41, 5.74) is 8.53. The number of nitrogens with zero attached hydrogens (tertiary/aromatic N) is 4. The fraction of sp³-hybridized carbons (Fsp3) is 0.167. The predicted molar refractivity (Wildman–Crippen MR) is 130 cm³/mol. The zero-order valence-electron chi connectivity index (χ0n) is 18.9. The molecule has 0 fully saturated rings. The summed E-state index contributed by atoms with van der Waals surface area (Å²) < 4.78 is 5.31. The van der Waals surface area contributed by atoms with Crippen molar-refractivity contribution in [3.8, 4) is 0 Å². The summed E-state index contributed by atoms with van der Waals surface area (Å²) in [5.74, 6) is -1.22. The van der Waals surface area contributed by atoms with Crippen LogP contribution >= 0.6 is 0 Å². The van der Waals surface area contributed by atoms with Gasteiger partial charge in [0.05, 0.1) is 12.4 Å². The highest BCUT2D eigenvalue weighted by Gasteiger charge is 2.15. The van der Waals surface area contributed by atoms with Crippen molar-refractivity contribution < 1.29 is 14.0 Å². The van der Waals surface area contributed by atoms with Crippen LogP contribution in [0.4, 0.5) is 11.4 Å². The third kappa shape index (κ3) is 6.54. The minimum Gasteiger partial charge on any atom is -0.446 e. The summed E-state index contributed by atoms with van der Waals surface area (Å²) in [6.07, 6.45) is 3.04. The van der Waals surface area contributed by atoms with E-state index in [9.17, 15) is 9.59 Å². The SMILES string of the molecule is CN(C)c1ccc(/C=N/NC(=O)c2ccc(C(=O)N/N=C/c3ccc(N(C)C)cc3)o2)cc1. The van der Waals surface area contributed by atoms with Crippen LogP contribution in [0.5, 0.6) is 0 Å². The molecular weight excluding hydrogens is 420 g/mol. The first-order valence-corrected chi connectivity index (χ1v) is 10.1. The first kappa shape index (κ1) is 23.3. The zero-order valence-corrected chi connectivity index (χ0v) is 18.9. The van der Waals surface area contributed by atoms with Crippen LogP contribution in [0.1, 0.15) is 32.2 Å². The minimum absolute atomic E-state index is 0.0384. The molecular formula is C24H26N6O3. The zero-order chi connectivity index (χ0) is 23.8. The van der Waals surface area contributed by atoms with Gasteiger partial charge in [-0.2, -0.15) is 10.2 Å². The lowest BCUT2D eigenvalue weighted by atomic mass is 10.2. The molecule has 3 rings (SSSR count). The van der Waals surface area contributed by atoms with Gasteiger partial charge in [0.15, 0.2) is 11.5 Å². The van der Waals surface area contributed by atoms with Gasteiger partial charge in [-0.05, 0) is 47.5 Å². The Morgan fingerprint density at radius 3 is 1.36 bits per heavy atom. The second-order valence-electron chi connectivity index (χ2n) is 7.53. The Kier molecular flexibility index (Phi) is 7.59. The van der Waals surface area contributed by atoms with Gasteiger partial charge in [0.2, 0.25) is 0 Å². The molecule has 1 heterocycles. The first-order chi connectivity index (χ1) is 15.8. The largest absolute Gasteiger partial charge is 0.446 e. The van der Waals surface area contributed by atoms with Gasteiger partial charge < -0.3 is 14.2 Å². The standard InChI is InChI=1S/C24H26N6O3/c1-29(2)19-9-5-17(6-10-19)15-25-27-23(31)21-13-14-22(33-21)24(32)28-26-16-18-7-11-20(12-8-18)30(3)4/h5-16H,1-4H3,(H,27,31)(H,28,32)/b25-15+,26-16+. The van der Waals surface area contributed by atoms with Crippen LogP contribution in [0.3, 0.4) is 0 Å². The highest BCUT2D eigenvalue weighted by atomic mass is 16.4. The van der Waals surface area contributed by atoms with Gasteiger partial charge in [0.25, 0.3) is 0 Å². The van der Waals surface area contributed by atoms with Gasteiger partial charge in [-0.15, -0.1) is 0 Å². The third-order valence-corrected chi connectivity index (χ3v) is 4.63. The molecule has 0 atom stereocenters. The van der Waals surface area contributed by atoms with Crippen LogP contribution in [0.2, 0.25) is 0 Å². The molecule has 0 bridgehead atoms. The predicted octanol–water partition coefficient (Wildman–Crippen LogP) is 2.94. The average molecular weight is 447 g/mol.